The van der Waals surface area contributed by atoms with Gasteiger partial charge in [-0.05, 0) is 45.9 Å². The fraction of sp³-hybridized carbons (Fsp3) is 0.467. The second-order valence-corrected chi connectivity index (χ2v) is 5.95. The molecule has 5 heteroatoms. The lowest BCUT2D eigenvalue weighted by atomic mass is 10.1. The standard InChI is InChI=1S/C15H19FN2O2/c1-15(2,3)17-8-5-9-18-12-10(13(19)14(18)20)6-4-7-11(12)16/h4,6-7,17H,5,8-9H2,1-3H3. The van der Waals surface area contributed by atoms with Gasteiger partial charge in [-0.25, -0.2) is 4.39 Å². The lowest BCUT2D eigenvalue weighted by molar-refractivity contribution is -0.114. The first-order valence-electron chi connectivity index (χ1n) is 6.71. The summed E-state index contributed by atoms with van der Waals surface area (Å²) in [7, 11) is 0. The van der Waals surface area contributed by atoms with Crippen LogP contribution in [0.5, 0.6) is 0 Å². The number of rotatable bonds is 4. The number of carbonyl (C=O) groups is 2. The van der Waals surface area contributed by atoms with Crippen molar-refractivity contribution in [2.75, 3.05) is 18.0 Å². The van der Waals surface area contributed by atoms with E-state index in [1.54, 1.807) is 0 Å². The normalized spacial score (nSPS) is 14.9. The van der Waals surface area contributed by atoms with Crippen molar-refractivity contribution in [3.63, 3.8) is 0 Å². The van der Waals surface area contributed by atoms with Gasteiger partial charge in [-0.3, -0.25) is 9.59 Å². The van der Waals surface area contributed by atoms with Gasteiger partial charge in [0.1, 0.15) is 5.82 Å². The number of nitrogens with one attached hydrogen (secondary N) is 1. The van der Waals surface area contributed by atoms with Gasteiger partial charge in [0.2, 0.25) is 0 Å². The van der Waals surface area contributed by atoms with E-state index in [-0.39, 0.29) is 16.8 Å². The van der Waals surface area contributed by atoms with Crippen LogP contribution in [-0.2, 0) is 4.79 Å². The molecule has 1 aromatic rings. The number of halogens is 1. The summed E-state index contributed by atoms with van der Waals surface area (Å²) in [5.41, 5.74) is 0.283. The summed E-state index contributed by atoms with van der Waals surface area (Å²) >= 11 is 0. The maximum absolute atomic E-state index is 13.8. The van der Waals surface area contributed by atoms with Gasteiger partial charge in [0.25, 0.3) is 11.7 Å². The maximum atomic E-state index is 13.8. The second-order valence-electron chi connectivity index (χ2n) is 5.95. The quantitative estimate of drug-likeness (QED) is 0.678. The van der Waals surface area contributed by atoms with Crippen LogP contribution in [-0.4, -0.2) is 30.3 Å². The number of nitrogens with zero attached hydrogens (tertiary/aromatic N) is 1. The number of anilines is 1. The predicted molar refractivity (Wildman–Crippen MR) is 75.5 cm³/mol. The topological polar surface area (TPSA) is 49.4 Å². The molecule has 4 nitrogen and oxygen atoms in total. The van der Waals surface area contributed by atoms with E-state index in [4.69, 9.17) is 0 Å². The molecule has 0 unspecified atom stereocenters. The monoisotopic (exact) mass is 278 g/mol. The minimum absolute atomic E-state index is 0.00596. The summed E-state index contributed by atoms with van der Waals surface area (Å²) in [5.74, 6) is -1.78. The number of hydrogen-bond acceptors (Lipinski definition) is 3. The largest absolute Gasteiger partial charge is 0.312 e. The highest BCUT2D eigenvalue weighted by atomic mass is 19.1. The Morgan fingerprint density at radius 3 is 2.60 bits per heavy atom. The molecule has 1 aromatic carbocycles. The lowest BCUT2D eigenvalue weighted by Gasteiger charge is -2.22. The predicted octanol–water partition coefficient (Wildman–Crippen LogP) is 2.13. The smallest absolute Gasteiger partial charge is 0.299 e. The molecule has 0 saturated heterocycles. The van der Waals surface area contributed by atoms with Crippen LogP contribution in [0.4, 0.5) is 10.1 Å². The van der Waals surface area contributed by atoms with Gasteiger partial charge in [-0.15, -0.1) is 0 Å². The van der Waals surface area contributed by atoms with Crippen LogP contribution in [0.15, 0.2) is 18.2 Å². The minimum Gasteiger partial charge on any atom is -0.312 e. The summed E-state index contributed by atoms with van der Waals surface area (Å²) in [6.45, 7) is 7.18. The first-order chi connectivity index (χ1) is 9.31. The first-order valence-corrected chi connectivity index (χ1v) is 6.71. The highest BCUT2D eigenvalue weighted by Crippen LogP contribution is 2.31. The van der Waals surface area contributed by atoms with Gasteiger partial charge >= 0.3 is 0 Å². The number of ketones is 1. The number of carbonyl (C=O) groups excluding carboxylic acids is 2. The molecule has 2 rings (SSSR count). The van der Waals surface area contributed by atoms with Crippen LogP contribution in [0.3, 0.4) is 0 Å². The third-order valence-electron chi connectivity index (χ3n) is 3.15. The van der Waals surface area contributed by atoms with E-state index in [1.807, 2.05) is 20.8 Å². The van der Waals surface area contributed by atoms with Crippen molar-refractivity contribution < 1.29 is 14.0 Å². The fourth-order valence-electron chi connectivity index (χ4n) is 2.23. The molecule has 0 aromatic heterocycles. The van der Waals surface area contributed by atoms with Crippen molar-refractivity contribution in [2.45, 2.75) is 32.7 Å². The van der Waals surface area contributed by atoms with Crippen LogP contribution >= 0.6 is 0 Å². The van der Waals surface area contributed by atoms with Gasteiger partial charge in [0, 0.05) is 12.1 Å². The maximum Gasteiger partial charge on any atom is 0.299 e. The Morgan fingerprint density at radius 2 is 1.95 bits per heavy atom. The Hall–Kier alpha value is -1.75. The first kappa shape index (κ1) is 14.7. The Bertz CT molecular complexity index is 549. The van der Waals surface area contributed by atoms with E-state index in [1.165, 1.54) is 23.1 Å². The summed E-state index contributed by atoms with van der Waals surface area (Å²) in [6.07, 6.45) is 0.657. The van der Waals surface area contributed by atoms with E-state index in [2.05, 4.69) is 5.32 Å². The van der Waals surface area contributed by atoms with E-state index >= 15 is 0 Å². The highest BCUT2D eigenvalue weighted by Gasteiger charge is 2.37. The molecule has 1 heterocycles. The zero-order valence-electron chi connectivity index (χ0n) is 12.0. The Kier molecular flexibility index (Phi) is 3.90. The third kappa shape index (κ3) is 2.88. The fourth-order valence-corrected chi connectivity index (χ4v) is 2.23. The van der Waals surface area contributed by atoms with Crippen LogP contribution in [0.2, 0.25) is 0 Å². The molecule has 0 bridgehead atoms. The molecule has 0 radical (unpaired) electrons. The van der Waals surface area contributed by atoms with Gasteiger partial charge in [-0.1, -0.05) is 6.07 Å². The molecule has 0 fully saturated rings. The minimum atomic E-state index is -0.638. The molecular formula is C15H19FN2O2. The van der Waals surface area contributed by atoms with Crippen LogP contribution in [0, 0.1) is 5.82 Å². The van der Waals surface area contributed by atoms with Crippen LogP contribution < -0.4 is 10.2 Å². The zero-order chi connectivity index (χ0) is 14.9. The third-order valence-corrected chi connectivity index (χ3v) is 3.15. The number of para-hydroxylation sites is 1. The second kappa shape index (κ2) is 5.32. The average Bonchev–Trinajstić information content (AvgIpc) is 2.60. The molecule has 1 N–H and O–H groups in total. The number of Topliss-reactive ketones (excluding diaryl/α,β-unsaturated/α-hetero) is 1. The van der Waals surface area contributed by atoms with E-state index in [9.17, 15) is 14.0 Å². The molecule has 0 aliphatic carbocycles. The van der Waals surface area contributed by atoms with Crippen molar-refractivity contribution in [1.82, 2.24) is 5.32 Å². The van der Waals surface area contributed by atoms with Crippen molar-refractivity contribution in [3.8, 4) is 0 Å². The van der Waals surface area contributed by atoms with Crippen molar-refractivity contribution in [1.29, 1.82) is 0 Å². The van der Waals surface area contributed by atoms with Crippen molar-refractivity contribution in [3.05, 3.63) is 29.6 Å². The molecule has 108 valence electrons. The molecule has 0 atom stereocenters. The van der Waals surface area contributed by atoms with E-state index in [0.29, 0.717) is 19.5 Å². The van der Waals surface area contributed by atoms with Gasteiger partial charge < -0.3 is 10.2 Å². The number of benzene rings is 1. The number of fused-ring (bicyclic) bond motifs is 1. The Labute approximate surface area is 118 Å². The molecule has 0 saturated carbocycles. The van der Waals surface area contributed by atoms with Crippen molar-refractivity contribution >= 4 is 17.4 Å². The molecule has 20 heavy (non-hydrogen) atoms. The Morgan fingerprint density at radius 1 is 1.25 bits per heavy atom. The molecule has 1 aliphatic heterocycles. The summed E-state index contributed by atoms with van der Waals surface area (Å²) in [6, 6.07) is 4.21. The number of hydrogen-bond donors (Lipinski definition) is 1. The summed E-state index contributed by atoms with van der Waals surface area (Å²) in [4.78, 5) is 24.9. The Balaban J connectivity index is 2.07. The summed E-state index contributed by atoms with van der Waals surface area (Å²) in [5, 5.41) is 3.29. The van der Waals surface area contributed by atoms with E-state index < -0.39 is 17.5 Å². The molecule has 1 aliphatic rings. The van der Waals surface area contributed by atoms with Gasteiger partial charge in [-0.2, -0.15) is 0 Å². The lowest BCUT2D eigenvalue weighted by Crippen LogP contribution is -2.38. The highest BCUT2D eigenvalue weighted by molar-refractivity contribution is 6.52. The van der Waals surface area contributed by atoms with Gasteiger partial charge in [0.15, 0.2) is 0 Å². The van der Waals surface area contributed by atoms with E-state index in [0.717, 1.165) is 0 Å². The van der Waals surface area contributed by atoms with Crippen molar-refractivity contribution in [2.24, 2.45) is 0 Å². The van der Waals surface area contributed by atoms with Crippen LogP contribution in [0.1, 0.15) is 37.6 Å². The molecule has 1 amide bonds. The average molecular weight is 278 g/mol. The summed E-state index contributed by atoms with van der Waals surface area (Å²) < 4.78 is 13.8. The molecule has 0 spiro atoms. The van der Waals surface area contributed by atoms with Crippen LogP contribution in [0.25, 0.3) is 0 Å². The number of amides is 1. The SMILES string of the molecule is CC(C)(C)NCCCN1C(=O)C(=O)c2cccc(F)c21. The zero-order valence-corrected chi connectivity index (χ0v) is 12.0. The molecular weight excluding hydrogens is 259 g/mol. The van der Waals surface area contributed by atoms with Gasteiger partial charge in [0.05, 0.1) is 11.3 Å².